The molecule has 5 aromatic rings. The second kappa shape index (κ2) is 32.1. The summed E-state index contributed by atoms with van der Waals surface area (Å²) >= 11 is 0. The number of hydrogen-bond donors (Lipinski definition) is 4. The number of amides is 1. The minimum absolute atomic E-state index is 0. The summed E-state index contributed by atoms with van der Waals surface area (Å²) in [4.78, 5) is 38.2. The maximum Gasteiger partial charge on any atom is 0.421 e. The Morgan fingerprint density at radius 1 is 0.926 bits per heavy atom. The van der Waals surface area contributed by atoms with Crippen molar-refractivity contribution in [2.24, 2.45) is 5.11 Å². The van der Waals surface area contributed by atoms with Gasteiger partial charge in [0.25, 0.3) is 0 Å². The summed E-state index contributed by atoms with van der Waals surface area (Å²) in [6, 6.07) is 19.6. The van der Waals surface area contributed by atoms with Crippen LogP contribution in [0, 0.1) is 12.3 Å². The molecule has 3 heterocycles. The molecule has 3 aromatic heterocycles. The first kappa shape index (κ1) is 57.5. The van der Waals surface area contributed by atoms with E-state index >= 15 is 0 Å². The monoisotopic (exact) mass is 969 g/mol. The summed E-state index contributed by atoms with van der Waals surface area (Å²) in [5, 5.41) is 14.5. The molecule has 0 bridgehead atoms. The molecular weight excluding hydrogens is 902 g/mol. The Kier molecular flexibility index (Phi) is 27.1. The maximum atomic E-state index is 12.4. The van der Waals surface area contributed by atoms with Crippen LogP contribution in [-0.4, -0.2) is 75.2 Å². The van der Waals surface area contributed by atoms with Crippen LogP contribution in [0.5, 0.6) is 0 Å². The lowest BCUT2D eigenvalue weighted by Gasteiger charge is -2.19. The average Bonchev–Trinajstić information content (AvgIpc) is 4.04. The number of carbonyl (C=O) groups excluding carboxylic acids is 2. The Bertz CT molecular complexity index is 2430. The van der Waals surface area contributed by atoms with Crippen molar-refractivity contribution in [1.29, 1.82) is 0 Å². The number of aromatic nitrogens is 7. The fraction of sp³-hybridized carbons (Fsp3) is 0.429. The maximum absolute atomic E-state index is 12.4. The van der Waals surface area contributed by atoms with Gasteiger partial charge in [-0.25, -0.2) is 19.3 Å². The number of azide groups is 1. The van der Waals surface area contributed by atoms with Crippen LogP contribution < -0.4 is 16.8 Å². The fourth-order valence-electron chi connectivity index (χ4n) is 6.23. The smallest absolute Gasteiger partial charge is 0.421 e. The minimum Gasteiger partial charge on any atom is -0.443 e. The molecule has 366 valence electrons. The Balaban J connectivity index is 0.000000366. The van der Waals surface area contributed by atoms with Crippen LogP contribution in [0.4, 0.5) is 16.7 Å². The van der Waals surface area contributed by atoms with Crippen molar-refractivity contribution in [2.75, 3.05) is 30.3 Å². The van der Waals surface area contributed by atoms with Crippen LogP contribution in [0.15, 0.2) is 94.8 Å². The van der Waals surface area contributed by atoms with Crippen molar-refractivity contribution < 1.29 is 18.5 Å². The number of benzene rings is 2. The zero-order valence-corrected chi connectivity index (χ0v) is 41.6. The van der Waals surface area contributed by atoms with Crippen LogP contribution in [0.1, 0.15) is 114 Å². The number of anilines is 2. The molecule has 0 aliphatic carbocycles. The molecule has 0 fully saturated rings. The fourth-order valence-corrected chi connectivity index (χ4v) is 7.21. The van der Waals surface area contributed by atoms with E-state index in [9.17, 15) is 13.8 Å². The quantitative estimate of drug-likeness (QED) is 0.0128. The van der Waals surface area contributed by atoms with E-state index in [2.05, 4.69) is 46.5 Å². The second-order valence-corrected chi connectivity index (χ2v) is 18.3. The van der Waals surface area contributed by atoms with E-state index in [0.29, 0.717) is 23.8 Å². The lowest BCUT2D eigenvalue weighted by molar-refractivity contribution is -0.117. The first-order valence-electron chi connectivity index (χ1n) is 22.5. The summed E-state index contributed by atoms with van der Waals surface area (Å²) in [6.45, 7) is 10.5. The molecule has 0 saturated carbocycles. The number of nitrogen functional groups attached to an aromatic ring is 2. The van der Waals surface area contributed by atoms with Crippen molar-refractivity contribution in [2.45, 2.75) is 117 Å². The highest BCUT2D eigenvalue weighted by molar-refractivity contribution is 7.89. The van der Waals surface area contributed by atoms with Gasteiger partial charge in [-0.2, -0.15) is 0 Å². The van der Waals surface area contributed by atoms with E-state index in [1.54, 1.807) is 19.3 Å². The number of nitrogens with one attached hydrogen (secondary N) is 2. The standard InChI is InChI=1S/C22H30N6OS.C15H23N3O2.C12H14N4O.ClH/c1-18(15-19-9-4-2-5-10-19)30(29)14-8-13-28-17-21(26-27-28)12-7-3-6-11-20-16-24-22(23)25-20;1-5-6-7-8-9-10-12-11-18(13(16)17-12)14(19)20-15(2,3)4;1-10(9-11-5-3-2-4-6-11)12(17)14-7-8-15-16-13;/h2,4-5,9-10,15-17H,3,6-8,11-14H2,1H3,(H3,23,24,25);1,11H,6-10H2,2-4H3,(H2,16,17);2-6,9H,7-8H2,1H3,(H,14,17);1H/b18-15+;;10-9+;. The third kappa shape index (κ3) is 24.2. The van der Waals surface area contributed by atoms with Crippen molar-refractivity contribution >= 4 is 59.3 Å². The van der Waals surface area contributed by atoms with E-state index in [1.165, 1.54) is 4.57 Å². The van der Waals surface area contributed by atoms with Gasteiger partial charge in [0, 0.05) is 76.1 Å². The number of hydrogen-bond acceptors (Lipinski definition) is 11. The SMILES string of the molecule is C#CCCCCCc1cn(C(=O)OC(C)(C)C)c(N)n1.C/C(=C\c1ccccc1)C(=O)NCCN=[N+]=[N-].C/C(=C\c1ccccc1)S(=O)CCCn1cc(CCCCCc2cnc(N)[nH]2)nn1.Cl. The first-order chi connectivity index (χ1) is 32.2. The van der Waals surface area contributed by atoms with Gasteiger partial charge in [0.15, 0.2) is 5.95 Å². The van der Waals surface area contributed by atoms with Crippen LogP contribution in [-0.2, 0) is 46.1 Å². The number of aromatic amines is 1. The molecule has 6 N–H and O–H groups in total. The average molecular weight is 971 g/mol. The topological polar surface area (TPSA) is 250 Å². The molecule has 1 atom stereocenters. The Hall–Kier alpha value is -6.67. The van der Waals surface area contributed by atoms with Crippen molar-refractivity contribution in [3.05, 3.63) is 128 Å². The number of carbonyl (C=O) groups is 2. The van der Waals surface area contributed by atoms with Crippen molar-refractivity contribution in [3.63, 3.8) is 0 Å². The van der Waals surface area contributed by atoms with Crippen LogP contribution in [0.3, 0.4) is 0 Å². The number of rotatable bonds is 22. The molecule has 2 aromatic carbocycles. The van der Waals surface area contributed by atoms with Gasteiger partial charge < -0.3 is 26.5 Å². The van der Waals surface area contributed by atoms with E-state index in [-0.39, 0.29) is 30.8 Å². The summed E-state index contributed by atoms with van der Waals surface area (Å²) in [5.41, 5.74) is 24.4. The highest BCUT2D eigenvalue weighted by atomic mass is 35.5. The Morgan fingerprint density at radius 3 is 2.18 bits per heavy atom. The van der Waals surface area contributed by atoms with E-state index in [1.807, 2.05) is 111 Å². The summed E-state index contributed by atoms with van der Waals surface area (Å²) in [5.74, 6) is 3.74. The normalized spacial score (nSPS) is 11.6. The lowest BCUT2D eigenvalue weighted by Crippen LogP contribution is -2.27. The zero-order valence-electron chi connectivity index (χ0n) is 40.0. The predicted octanol–water partition coefficient (Wildman–Crippen LogP) is 9.66. The van der Waals surface area contributed by atoms with E-state index in [0.717, 1.165) is 110 Å². The highest BCUT2D eigenvalue weighted by Gasteiger charge is 2.20. The van der Waals surface area contributed by atoms with Gasteiger partial charge in [-0.3, -0.25) is 13.7 Å². The van der Waals surface area contributed by atoms with E-state index < -0.39 is 22.5 Å². The number of aryl methyl sites for hydroxylation is 4. The molecule has 0 aliphatic heterocycles. The second-order valence-electron chi connectivity index (χ2n) is 16.6. The van der Waals surface area contributed by atoms with Crippen molar-refractivity contribution in [3.8, 4) is 12.3 Å². The van der Waals surface area contributed by atoms with Crippen LogP contribution in [0.25, 0.3) is 22.6 Å². The number of allylic oxidation sites excluding steroid dienone is 1. The molecule has 1 unspecified atom stereocenters. The van der Waals surface area contributed by atoms with Crippen LogP contribution in [0.2, 0.25) is 0 Å². The van der Waals surface area contributed by atoms with Crippen molar-refractivity contribution in [1.82, 2.24) is 39.8 Å². The zero-order chi connectivity index (χ0) is 48.9. The molecular formula is C49H68ClN13O4S. The van der Waals surface area contributed by atoms with Crippen LogP contribution >= 0.6 is 12.4 Å². The largest absolute Gasteiger partial charge is 0.443 e. The summed E-state index contributed by atoms with van der Waals surface area (Å²) in [7, 11) is -0.969. The molecule has 5 rings (SSSR count). The number of nitrogens with two attached hydrogens (primary N) is 2. The third-order valence-electron chi connectivity index (χ3n) is 9.59. The molecule has 0 aliphatic rings. The van der Waals surface area contributed by atoms with Gasteiger partial charge in [-0.1, -0.05) is 83.8 Å². The highest BCUT2D eigenvalue weighted by Crippen LogP contribution is 2.15. The van der Waals surface area contributed by atoms with Gasteiger partial charge in [-0.05, 0) is 115 Å². The van der Waals surface area contributed by atoms with E-state index in [4.69, 9.17) is 28.2 Å². The molecule has 0 saturated heterocycles. The van der Waals surface area contributed by atoms with Gasteiger partial charge in [0.1, 0.15) is 5.60 Å². The first-order valence-corrected chi connectivity index (χ1v) is 23.8. The number of ether oxygens (including phenoxy) is 1. The molecule has 1 amide bonds. The minimum atomic E-state index is -0.969. The number of imidazole rings is 2. The molecule has 17 nitrogen and oxygen atoms in total. The summed E-state index contributed by atoms with van der Waals surface area (Å²) in [6.07, 6.45) is 24.6. The molecule has 0 radical (unpaired) electrons. The van der Waals surface area contributed by atoms with Gasteiger partial charge >= 0.3 is 6.09 Å². The number of nitrogens with zero attached hydrogens (tertiary/aromatic N) is 9. The Morgan fingerprint density at radius 2 is 1.56 bits per heavy atom. The Labute approximate surface area is 409 Å². The van der Waals surface area contributed by atoms with Gasteiger partial charge in [-0.15, -0.1) is 29.8 Å². The number of halogens is 1. The molecule has 0 spiro atoms. The number of H-pyrrole nitrogens is 1. The number of unbranched alkanes of at least 4 members (excludes halogenated alkanes) is 5. The third-order valence-corrected chi connectivity index (χ3v) is 11.1. The molecule has 68 heavy (non-hydrogen) atoms. The predicted molar refractivity (Wildman–Crippen MR) is 276 cm³/mol. The lowest BCUT2D eigenvalue weighted by atomic mass is 10.1. The summed E-state index contributed by atoms with van der Waals surface area (Å²) < 4.78 is 20.8. The molecule has 19 heteroatoms. The van der Waals surface area contributed by atoms with Gasteiger partial charge in [0.2, 0.25) is 11.9 Å². The van der Waals surface area contributed by atoms with Gasteiger partial charge in [0.05, 0.1) is 17.6 Å². The number of terminal acetylenes is 1.